The van der Waals surface area contributed by atoms with Crippen molar-refractivity contribution in [2.75, 3.05) is 6.61 Å². The summed E-state index contributed by atoms with van der Waals surface area (Å²) in [5.74, 6) is -0.191. The van der Waals surface area contributed by atoms with Crippen LogP contribution in [-0.2, 0) is 11.2 Å². The van der Waals surface area contributed by atoms with Crippen LogP contribution >= 0.6 is 0 Å². The number of halogens is 1. The van der Waals surface area contributed by atoms with Crippen LogP contribution in [0.15, 0.2) is 42.5 Å². The molecule has 0 saturated carbocycles. The Hall–Kier alpha value is -2.20. The monoisotopic (exact) mass is 311 g/mol. The predicted octanol–water partition coefficient (Wildman–Crippen LogP) is 2.78. The zero-order valence-electron chi connectivity index (χ0n) is 12.7. The summed E-state index contributed by atoms with van der Waals surface area (Å²) in [7, 11) is 0. The molecular weight excluding hydrogens is 293 g/mol. The summed E-state index contributed by atoms with van der Waals surface area (Å²) < 4.78 is 13.9. The van der Waals surface area contributed by atoms with Crippen molar-refractivity contribution >= 4 is 6.41 Å². The van der Waals surface area contributed by atoms with E-state index >= 15 is 0 Å². The number of aliphatic hydroxyl groups is 1. The molecular formula is C19H18FNO2. The van der Waals surface area contributed by atoms with Gasteiger partial charge in [0.1, 0.15) is 5.82 Å². The smallest absolute Gasteiger partial charge is 0.210 e. The molecule has 3 nitrogen and oxygen atoms in total. The molecule has 3 atom stereocenters. The van der Waals surface area contributed by atoms with Crippen LogP contribution in [0.3, 0.4) is 0 Å². The van der Waals surface area contributed by atoms with Crippen molar-refractivity contribution in [3.05, 3.63) is 70.5 Å². The third-order valence-corrected chi connectivity index (χ3v) is 5.24. The van der Waals surface area contributed by atoms with Gasteiger partial charge in [0.15, 0.2) is 0 Å². The summed E-state index contributed by atoms with van der Waals surface area (Å²) in [6, 6.07) is 12.6. The number of likely N-dealkylation sites (tertiary alicyclic amines) is 1. The number of carbonyl (C=O) groups excluding carboxylic acids is 1. The van der Waals surface area contributed by atoms with E-state index in [-0.39, 0.29) is 30.4 Å². The lowest BCUT2D eigenvalue weighted by atomic mass is 9.87. The molecule has 0 spiro atoms. The number of carbonyl (C=O) groups is 1. The van der Waals surface area contributed by atoms with Crippen LogP contribution in [0.25, 0.3) is 0 Å². The summed E-state index contributed by atoms with van der Waals surface area (Å²) in [5, 5.41) is 9.66. The highest BCUT2D eigenvalue weighted by molar-refractivity contribution is 5.55. The topological polar surface area (TPSA) is 40.5 Å². The summed E-state index contributed by atoms with van der Waals surface area (Å²) in [4.78, 5) is 13.3. The molecule has 0 bridgehead atoms. The van der Waals surface area contributed by atoms with Crippen LogP contribution in [0.2, 0.25) is 0 Å². The molecule has 1 aliphatic heterocycles. The van der Waals surface area contributed by atoms with Crippen LogP contribution < -0.4 is 0 Å². The number of benzene rings is 2. The Bertz CT molecular complexity index is 761. The Morgan fingerprint density at radius 3 is 2.74 bits per heavy atom. The fraction of sp³-hybridized carbons (Fsp3) is 0.316. The molecule has 1 amide bonds. The minimum Gasteiger partial charge on any atom is -0.394 e. The van der Waals surface area contributed by atoms with E-state index in [1.807, 2.05) is 18.2 Å². The molecule has 118 valence electrons. The van der Waals surface area contributed by atoms with E-state index in [1.165, 1.54) is 17.2 Å². The maximum atomic E-state index is 13.9. The summed E-state index contributed by atoms with van der Waals surface area (Å²) in [5.41, 5.74) is 4.35. The van der Waals surface area contributed by atoms with Gasteiger partial charge in [0, 0.05) is 5.92 Å². The van der Waals surface area contributed by atoms with Crippen molar-refractivity contribution in [1.29, 1.82) is 0 Å². The average molecular weight is 311 g/mol. The van der Waals surface area contributed by atoms with Crippen molar-refractivity contribution < 1.29 is 14.3 Å². The quantitative estimate of drug-likeness (QED) is 0.867. The SMILES string of the molecule is O=CN1[C@@H](CO)C[C@@H]2c3ccccc3Cc3ccc(F)cc3[C@H]21. The molecule has 1 heterocycles. The Labute approximate surface area is 134 Å². The second kappa shape index (κ2) is 5.46. The first-order valence-electron chi connectivity index (χ1n) is 7.92. The number of hydrogen-bond acceptors (Lipinski definition) is 2. The van der Waals surface area contributed by atoms with Crippen LogP contribution in [0.4, 0.5) is 4.39 Å². The van der Waals surface area contributed by atoms with Crippen LogP contribution in [0.1, 0.15) is 40.6 Å². The lowest BCUT2D eigenvalue weighted by Crippen LogP contribution is -2.33. The molecule has 2 aliphatic rings. The summed E-state index contributed by atoms with van der Waals surface area (Å²) in [6.45, 7) is -0.0709. The molecule has 0 unspecified atom stereocenters. The van der Waals surface area contributed by atoms with Crippen molar-refractivity contribution in [3.63, 3.8) is 0 Å². The molecule has 0 radical (unpaired) electrons. The first kappa shape index (κ1) is 14.4. The third kappa shape index (κ3) is 2.17. The third-order valence-electron chi connectivity index (χ3n) is 5.24. The highest BCUT2D eigenvalue weighted by atomic mass is 19.1. The number of nitrogens with zero attached hydrogens (tertiary/aromatic N) is 1. The Kier molecular flexibility index (Phi) is 3.42. The second-order valence-electron chi connectivity index (χ2n) is 6.39. The van der Waals surface area contributed by atoms with E-state index in [2.05, 4.69) is 12.1 Å². The van der Waals surface area contributed by atoms with Crippen molar-refractivity contribution in [3.8, 4) is 0 Å². The number of aliphatic hydroxyl groups excluding tert-OH is 1. The Balaban J connectivity index is 1.95. The Morgan fingerprint density at radius 1 is 1.17 bits per heavy atom. The molecule has 23 heavy (non-hydrogen) atoms. The first-order valence-corrected chi connectivity index (χ1v) is 7.92. The van der Waals surface area contributed by atoms with E-state index in [1.54, 1.807) is 11.0 Å². The number of amides is 1. The highest BCUT2D eigenvalue weighted by Crippen LogP contribution is 2.50. The van der Waals surface area contributed by atoms with E-state index in [4.69, 9.17) is 0 Å². The van der Waals surface area contributed by atoms with Crippen LogP contribution in [0, 0.1) is 5.82 Å². The molecule has 2 aromatic rings. The second-order valence-corrected chi connectivity index (χ2v) is 6.39. The zero-order valence-corrected chi connectivity index (χ0v) is 12.7. The Morgan fingerprint density at radius 2 is 1.96 bits per heavy atom. The molecule has 1 fully saturated rings. The van der Waals surface area contributed by atoms with Gasteiger partial charge in [-0.25, -0.2) is 4.39 Å². The highest BCUT2D eigenvalue weighted by Gasteiger charge is 2.44. The van der Waals surface area contributed by atoms with E-state index in [0.717, 1.165) is 24.0 Å². The van der Waals surface area contributed by atoms with Gasteiger partial charge in [-0.2, -0.15) is 0 Å². The van der Waals surface area contributed by atoms with Gasteiger partial charge in [0.05, 0.1) is 18.7 Å². The minimum atomic E-state index is -0.285. The van der Waals surface area contributed by atoms with Crippen molar-refractivity contribution in [1.82, 2.24) is 4.90 Å². The van der Waals surface area contributed by atoms with Gasteiger partial charge in [-0.3, -0.25) is 4.79 Å². The van der Waals surface area contributed by atoms with Gasteiger partial charge in [0.2, 0.25) is 6.41 Å². The summed E-state index contributed by atoms with van der Waals surface area (Å²) >= 11 is 0. The lowest BCUT2D eigenvalue weighted by Gasteiger charge is -2.28. The number of hydrogen-bond donors (Lipinski definition) is 1. The lowest BCUT2D eigenvalue weighted by molar-refractivity contribution is -0.121. The van der Waals surface area contributed by atoms with Gasteiger partial charge in [-0.1, -0.05) is 30.3 Å². The van der Waals surface area contributed by atoms with Gasteiger partial charge in [-0.15, -0.1) is 0 Å². The summed E-state index contributed by atoms with van der Waals surface area (Å²) in [6.07, 6.45) is 2.25. The fourth-order valence-corrected chi connectivity index (χ4v) is 4.24. The number of fused-ring (bicyclic) bond motifs is 5. The van der Waals surface area contributed by atoms with Gasteiger partial charge in [-0.05, 0) is 47.2 Å². The van der Waals surface area contributed by atoms with Crippen molar-refractivity contribution in [2.45, 2.75) is 30.8 Å². The maximum absolute atomic E-state index is 13.9. The minimum absolute atomic E-state index is 0.0709. The van der Waals surface area contributed by atoms with Crippen LogP contribution in [-0.4, -0.2) is 29.1 Å². The average Bonchev–Trinajstić information content (AvgIpc) is 2.89. The molecule has 2 aromatic carbocycles. The van der Waals surface area contributed by atoms with E-state index < -0.39 is 0 Å². The van der Waals surface area contributed by atoms with Crippen LogP contribution in [0.5, 0.6) is 0 Å². The first-order chi connectivity index (χ1) is 11.2. The molecule has 4 heteroatoms. The fourth-order valence-electron chi connectivity index (χ4n) is 4.24. The molecule has 0 aromatic heterocycles. The standard InChI is InChI=1S/C19H18FNO2/c20-14-6-5-13-7-12-3-1-2-4-16(12)18-9-15(10-22)21(11-23)19(18)17(13)8-14/h1-6,8,11,15,18-19,22H,7,9-10H2/t15-,18-,19-/m1/s1. The molecule has 1 saturated heterocycles. The largest absolute Gasteiger partial charge is 0.394 e. The normalized spacial score (nSPS) is 25.3. The number of rotatable bonds is 2. The van der Waals surface area contributed by atoms with E-state index in [0.29, 0.717) is 6.42 Å². The van der Waals surface area contributed by atoms with Gasteiger partial charge < -0.3 is 10.0 Å². The molecule has 1 aliphatic carbocycles. The maximum Gasteiger partial charge on any atom is 0.210 e. The van der Waals surface area contributed by atoms with Gasteiger partial charge >= 0.3 is 0 Å². The molecule has 1 N–H and O–H groups in total. The zero-order chi connectivity index (χ0) is 16.0. The molecule has 4 rings (SSSR count). The predicted molar refractivity (Wildman–Crippen MR) is 84.5 cm³/mol. The van der Waals surface area contributed by atoms with Gasteiger partial charge in [0.25, 0.3) is 0 Å². The van der Waals surface area contributed by atoms with Crippen molar-refractivity contribution in [2.24, 2.45) is 0 Å². The van der Waals surface area contributed by atoms with E-state index in [9.17, 15) is 14.3 Å².